The van der Waals surface area contributed by atoms with Gasteiger partial charge in [-0.1, -0.05) is 22.0 Å². The fourth-order valence-corrected chi connectivity index (χ4v) is 3.44. The van der Waals surface area contributed by atoms with Crippen LogP contribution in [0.3, 0.4) is 0 Å². The van der Waals surface area contributed by atoms with E-state index >= 15 is 0 Å². The average molecular weight is 339 g/mol. The molecule has 0 radical (unpaired) electrons. The normalized spacial score (nSPS) is 24.6. The standard InChI is InChI=1S/C16H23BrN2O/c1-10-5-8-14(17)9-15(10)18-16(20)13(4)19-11(2)6-7-12(19)3/h5,8-9,11-13H,6-7H2,1-4H3,(H,18,20). The third-order valence-corrected chi connectivity index (χ3v) is 4.80. The van der Waals surface area contributed by atoms with Crippen molar-refractivity contribution in [1.29, 1.82) is 0 Å². The second-order valence-electron chi connectivity index (χ2n) is 5.85. The van der Waals surface area contributed by atoms with Crippen LogP contribution in [0.5, 0.6) is 0 Å². The number of rotatable bonds is 3. The number of hydrogen-bond donors (Lipinski definition) is 1. The van der Waals surface area contributed by atoms with Crippen molar-refractivity contribution in [3.63, 3.8) is 0 Å². The van der Waals surface area contributed by atoms with Crippen molar-refractivity contribution < 1.29 is 4.79 Å². The number of likely N-dealkylation sites (tertiary alicyclic amines) is 1. The number of nitrogens with one attached hydrogen (secondary N) is 1. The number of carbonyl (C=O) groups is 1. The Labute approximate surface area is 129 Å². The van der Waals surface area contributed by atoms with Gasteiger partial charge in [0, 0.05) is 22.2 Å². The predicted octanol–water partition coefficient (Wildman–Crippen LogP) is 3.96. The number of anilines is 1. The summed E-state index contributed by atoms with van der Waals surface area (Å²) in [6.07, 6.45) is 2.35. The van der Waals surface area contributed by atoms with E-state index in [2.05, 4.69) is 40.0 Å². The van der Waals surface area contributed by atoms with Crippen molar-refractivity contribution in [2.24, 2.45) is 0 Å². The molecule has 110 valence electrons. The van der Waals surface area contributed by atoms with Gasteiger partial charge in [0.2, 0.25) is 5.91 Å². The molecule has 1 N–H and O–H groups in total. The fourth-order valence-electron chi connectivity index (χ4n) is 3.08. The Morgan fingerprint density at radius 1 is 1.35 bits per heavy atom. The summed E-state index contributed by atoms with van der Waals surface area (Å²) in [6, 6.07) is 6.81. The lowest BCUT2D eigenvalue weighted by Crippen LogP contribution is -2.46. The maximum absolute atomic E-state index is 12.5. The van der Waals surface area contributed by atoms with E-state index in [1.807, 2.05) is 32.0 Å². The summed E-state index contributed by atoms with van der Waals surface area (Å²) in [7, 11) is 0. The van der Waals surface area contributed by atoms with E-state index in [0.29, 0.717) is 12.1 Å². The Hall–Kier alpha value is -0.870. The zero-order valence-electron chi connectivity index (χ0n) is 12.6. The van der Waals surface area contributed by atoms with Crippen LogP contribution in [0.25, 0.3) is 0 Å². The van der Waals surface area contributed by atoms with E-state index in [-0.39, 0.29) is 11.9 Å². The maximum Gasteiger partial charge on any atom is 0.241 e. The van der Waals surface area contributed by atoms with Crippen LogP contribution in [0.4, 0.5) is 5.69 Å². The minimum atomic E-state index is -0.0964. The van der Waals surface area contributed by atoms with Gasteiger partial charge in [0.05, 0.1) is 6.04 Å². The molecule has 3 nitrogen and oxygen atoms in total. The third-order valence-electron chi connectivity index (χ3n) is 4.30. The molecule has 1 aliphatic heterocycles. The van der Waals surface area contributed by atoms with Crippen LogP contribution in [0.15, 0.2) is 22.7 Å². The van der Waals surface area contributed by atoms with Gasteiger partial charge in [0.15, 0.2) is 0 Å². The lowest BCUT2D eigenvalue weighted by molar-refractivity contribution is -0.121. The maximum atomic E-state index is 12.5. The van der Waals surface area contributed by atoms with E-state index < -0.39 is 0 Å². The van der Waals surface area contributed by atoms with Crippen LogP contribution in [0.2, 0.25) is 0 Å². The van der Waals surface area contributed by atoms with E-state index in [0.717, 1.165) is 15.7 Å². The molecule has 0 spiro atoms. The minimum Gasteiger partial charge on any atom is -0.324 e. The highest BCUT2D eigenvalue weighted by molar-refractivity contribution is 9.10. The van der Waals surface area contributed by atoms with Gasteiger partial charge in [-0.3, -0.25) is 9.69 Å². The van der Waals surface area contributed by atoms with Crippen molar-refractivity contribution in [3.05, 3.63) is 28.2 Å². The van der Waals surface area contributed by atoms with Gasteiger partial charge >= 0.3 is 0 Å². The SMILES string of the molecule is Cc1ccc(Br)cc1NC(=O)C(C)N1C(C)CCC1C. The first-order chi connectivity index (χ1) is 9.40. The first-order valence-corrected chi connectivity index (χ1v) is 8.04. The Kier molecular flexibility index (Phi) is 4.86. The number of benzene rings is 1. The van der Waals surface area contributed by atoms with E-state index in [9.17, 15) is 4.79 Å². The van der Waals surface area contributed by atoms with Crippen molar-refractivity contribution in [2.45, 2.75) is 58.7 Å². The van der Waals surface area contributed by atoms with Gasteiger partial charge in [-0.25, -0.2) is 0 Å². The summed E-state index contributed by atoms with van der Waals surface area (Å²) < 4.78 is 0.981. The molecule has 1 saturated heterocycles. The first kappa shape index (κ1) is 15.5. The van der Waals surface area contributed by atoms with Crippen molar-refractivity contribution in [1.82, 2.24) is 4.90 Å². The van der Waals surface area contributed by atoms with Crippen molar-refractivity contribution in [3.8, 4) is 0 Å². The summed E-state index contributed by atoms with van der Waals surface area (Å²) in [4.78, 5) is 14.8. The molecule has 3 unspecified atom stereocenters. The molecule has 0 aromatic heterocycles. The molecule has 1 aromatic rings. The Balaban J connectivity index is 2.09. The van der Waals surface area contributed by atoms with Crippen molar-refractivity contribution in [2.75, 3.05) is 5.32 Å². The Morgan fingerprint density at radius 2 is 1.95 bits per heavy atom. The lowest BCUT2D eigenvalue weighted by atomic mass is 10.1. The van der Waals surface area contributed by atoms with Crippen LogP contribution in [0, 0.1) is 6.92 Å². The van der Waals surface area contributed by atoms with E-state index in [1.165, 1.54) is 12.8 Å². The van der Waals surface area contributed by atoms with Crippen LogP contribution < -0.4 is 5.32 Å². The highest BCUT2D eigenvalue weighted by Crippen LogP contribution is 2.27. The topological polar surface area (TPSA) is 32.3 Å². The predicted molar refractivity (Wildman–Crippen MR) is 87.0 cm³/mol. The summed E-state index contributed by atoms with van der Waals surface area (Å²) >= 11 is 3.45. The molecular weight excluding hydrogens is 316 g/mol. The molecular formula is C16H23BrN2O. The van der Waals surface area contributed by atoms with E-state index in [4.69, 9.17) is 0 Å². The van der Waals surface area contributed by atoms with Gasteiger partial charge in [-0.15, -0.1) is 0 Å². The summed E-state index contributed by atoms with van der Waals surface area (Å²) in [5.74, 6) is 0.0757. The number of halogens is 1. The third kappa shape index (κ3) is 3.23. The molecule has 0 saturated carbocycles. The van der Waals surface area contributed by atoms with Gasteiger partial charge < -0.3 is 5.32 Å². The highest BCUT2D eigenvalue weighted by atomic mass is 79.9. The number of hydrogen-bond acceptors (Lipinski definition) is 2. The first-order valence-electron chi connectivity index (χ1n) is 7.24. The zero-order valence-corrected chi connectivity index (χ0v) is 14.2. The average Bonchev–Trinajstić information content (AvgIpc) is 2.72. The molecule has 1 aromatic carbocycles. The summed E-state index contributed by atoms with van der Waals surface area (Å²) in [6.45, 7) is 8.42. The number of aryl methyl sites for hydroxylation is 1. The summed E-state index contributed by atoms with van der Waals surface area (Å²) in [5.41, 5.74) is 1.96. The molecule has 0 bridgehead atoms. The molecule has 0 aliphatic carbocycles. The second-order valence-corrected chi connectivity index (χ2v) is 6.76. The number of carbonyl (C=O) groups excluding carboxylic acids is 1. The van der Waals surface area contributed by atoms with Crippen LogP contribution in [0.1, 0.15) is 39.2 Å². The molecule has 20 heavy (non-hydrogen) atoms. The zero-order chi connectivity index (χ0) is 14.9. The Morgan fingerprint density at radius 3 is 2.55 bits per heavy atom. The monoisotopic (exact) mass is 338 g/mol. The number of nitrogens with zero attached hydrogens (tertiary/aromatic N) is 1. The molecule has 3 atom stereocenters. The Bertz CT molecular complexity index is 493. The van der Waals surface area contributed by atoms with Gasteiger partial charge in [-0.05, 0) is 58.2 Å². The number of amides is 1. The van der Waals surface area contributed by atoms with Crippen molar-refractivity contribution >= 4 is 27.5 Å². The van der Waals surface area contributed by atoms with Gasteiger partial charge in [0.1, 0.15) is 0 Å². The molecule has 1 aliphatic rings. The molecule has 2 rings (SSSR count). The quantitative estimate of drug-likeness (QED) is 0.904. The second kappa shape index (κ2) is 6.27. The van der Waals surface area contributed by atoms with Gasteiger partial charge in [-0.2, -0.15) is 0 Å². The highest BCUT2D eigenvalue weighted by Gasteiger charge is 2.34. The van der Waals surface area contributed by atoms with Crippen LogP contribution in [-0.2, 0) is 4.79 Å². The smallest absolute Gasteiger partial charge is 0.241 e. The summed E-state index contributed by atoms with van der Waals surface area (Å²) in [5, 5.41) is 3.06. The largest absolute Gasteiger partial charge is 0.324 e. The molecule has 4 heteroatoms. The van der Waals surface area contributed by atoms with E-state index in [1.54, 1.807) is 0 Å². The minimum absolute atomic E-state index is 0.0757. The molecule has 1 fully saturated rings. The van der Waals surface area contributed by atoms with Gasteiger partial charge in [0.25, 0.3) is 0 Å². The molecule has 1 amide bonds. The fraction of sp³-hybridized carbons (Fsp3) is 0.562. The molecule has 1 heterocycles. The van der Waals surface area contributed by atoms with Crippen LogP contribution >= 0.6 is 15.9 Å². The van der Waals surface area contributed by atoms with Crippen LogP contribution in [-0.4, -0.2) is 28.9 Å². The lowest BCUT2D eigenvalue weighted by Gasteiger charge is -2.31.